The molecule has 1 heterocycles. The summed E-state index contributed by atoms with van der Waals surface area (Å²) in [7, 11) is 0. The monoisotopic (exact) mass is 427 g/mol. The first-order valence-corrected chi connectivity index (χ1v) is 9.82. The van der Waals surface area contributed by atoms with Crippen molar-refractivity contribution < 1.29 is 13.2 Å². The van der Waals surface area contributed by atoms with Crippen molar-refractivity contribution in [2.24, 2.45) is 0 Å². The predicted molar refractivity (Wildman–Crippen MR) is 112 cm³/mol. The van der Waals surface area contributed by atoms with E-state index in [0.717, 1.165) is 24.7 Å². The Hall–Kier alpha value is -1.99. The Kier molecular flexibility index (Phi) is 6.35. The summed E-state index contributed by atoms with van der Waals surface area (Å²) < 4.78 is 38.9. The van der Waals surface area contributed by atoms with E-state index in [9.17, 15) is 13.2 Å². The van der Waals surface area contributed by atoms with Crippen LogP contribution in [0.2, 0.25) is 5.02 Å². The molecule has 0 unspecified atom stereocenters. The maximum atomic E-state index is 13.0. The van der Waals surface area contributed by atoms with Gasteiger partial charge in [0.15, 0.2) is 5.11 Å². The van der Waals surface area contributed by atoms with Crippen LogP contribution in [0.15, 0.2) is 42.5 Å². The Morgan fingerprint density at radius 3 is 2.36 bits per heavy atom. The summed E-state index contributed by atoms with van der Waals surface area (Å²) in [6.45, 7) is 4.12. The molecular formula is C20H21ClF3N3S. The summed E-state index contributed by atoms with van der Waals surface area (Å²) in [5, 5.41) is 5.79. The van der Waals surface area contributed by atoms with Crippen LogP contribution in [0.1, 0.15) is 36.9 Å². The minimum Gasteiger partial charge on any atom is -0.372 e. The first-order valence-electron chi connectivity index (χ1n) is 9.03. The van der Waals surface area contributed by atoms with Crippen LogP contribution in [0.3, 0.4) is 0 Å². The Morgan fingerprint density at radius 1 is 1.11 bits per heavy atom. The third-order valence-corrected chi connectivity index (χ3v) is 5.29. The molecule has 1 aliphatic rings. The van der Waals surface area contributed by atoms with Gasteiger partial charge in [-0.25, -0.2) is 0 Å². The summed E-state index contributed by atoms with van der Waals surface area (Å²) in [6, 6.07) is 11.8. The third kappa shape index (κ3) is 5.08. The summed E-state index contributed by atoms with van der Waals surface area (Å²) >= 11 is 10.9. The highest BCUT2D eigenvalue weighted by molar-refractivity contribution is 7.80. The Morgan fingerprint density at radius 2 is 1.75 bits per heavy atom. The normalized spacial score (nSPS) is 15.4. The number of hydrogen-bond acceptors (Lipinski definition) is 2. The van der Waals surface area contributed by atoms with Gasteiger partial charge in [0, 0.05) is 24.5 Å². The van der Waals surface area contributed by atoms with Crippen molar-refractivity contribution in [2.45, 2.75) is 32.0 Å². The van der Waals surface area contributed by atoms with E-state index in [1.807, 2.05) is 19.1 Å². The van der Waals surface area contributed by atoms with Gasteiger partial charge < -0.3 is 15.5 Å². The van der Waals surface area contributed by atoms with E-state index >= 15 is 0 Å². The molecule has 2 aromatic rings. The summed E-state index contributed by atoms with van der Waals surface area (Å²) in [6.07, 6.45) is -2.07. The zero-order valence-corrected chi connectivity index (χ0v) is 16.9. The highest BCUT2D eigenvalue weighted by atomic mass is 35.5. The maximum Gasteiger partial charge on any atom is 0.417 e. The topological polar surface area (TPSA) is 27.3 Å². The minimum atomic E-state index is -4.52. The van der Waals surface area contributed by atoms with Gasteiger partial charge in [0.05, 0.1) is 16.6 Å². The van der Waals surface area contributed by atoms with E-state index in [0.29, 0.717) is 0 Å². The molecule has 3 nitrogen and oxygen atoms in total. The van der Waals surface area contributed by atoms with Crippen LogP contribution < -0.4 is 15.5 Å². The van der Waals surface area contributed by atoms with Crippen molar-refractivity contribution >= 4 is 40.3 Å². The van der Waals surface area contributed by atoms with Crippen molar-refractivity contribution in [2.75, 3.05) is 23.3 Å². The van der Waals surface area contributed by atoms with Crippen LogP contribution in [0.5, 0.6) is 0 Å². The van der Waals surface area contributed by atoms with Gasteiger partial charge in [-0.3, -0.25) is 0 Å². The van der Waals surface area contributed by atoms with Gasteiger partial charge in [-0.15, -0.1) is 0 Å². The molecule has 8 heteroatoms. The lowest BCUT2D eigenvalue weighted by molar-refractivity contribution is -0.137. The van der Waals surface area contributed by atoms with E-state index in [1.165, 1.54) is 30.7 Å². The second-order valence-electron chi connectivity index (χ2n) is 6.80. The lowest BCUT2D eigenvalue weighted by Crippen LogP contribution is -2.31. The molecule has 2 N–H and O–H groups in total. The van der Waals surface area contributed by atoms with E-state index in [1.54, 1.807) is 0 Å². The Labute approximate surface area is 172 Å². The molecule has 1 aliphatic heterocycles. The standard InChI is InChI=1S/C20H21ClF3N3S/c1-13(14-4-7-16(8-5-14)27-10-2-3-11-27)25-19(28)26-15-6-9-18(21)17(12-15)20(22,23)24/h4-9,12-13H,2-3,10-11H2,1H3,(H2,25,26,28)/t13-/m1/s1. The van der Waals surface area contributed by atoms with Crippen LogP contribution in [0.25, 0.3) is 0 Å². The number of thiocarbonyl (C=S) groups is 1. The fraction of sp³-hybridized carbons (Fsp3) is 0.350. The van der Waals surface area contributed by atoms with E-state index in [4.69, 9.17) is 23.8 Å². The number of alkyl halides is 3. The number of anilines is 2. The molecule has 1 atom stereocenters. The molecule has 0 aromatic heterocycles. The molecule has 1 saturated heterocycles. The lowest BCUT2D eigenvalue weighted by Gasteiger charge is -2.21. The number of rotatable bonds is 4. The fourth-order valence-electron chi connectivity index (χ4n) is 3.22. The number of benzene rings is 2. The second kappa shape index (κ2) is 8.57. The molecule has 150 valence electrons. The average Bonchev–Trinajstić information content (AvgIpc) is 3.17. The second-order valence-corrected chi connectivity index (χ2v) is 7.61. The van der Waals surface area contributed by atoms with Crippen LogP contribution in [0, 0.1) is 0 Å². The van der Waals surface area contributed by atoms with Crippen LogP contribution in [-0.4, -0.2) is 18.2 Å². The molecule has 1 fully saturated rings. The molecule has 0 radical (unpaired) electrons. The highest BCUT2D eigenvalue weighted by Gasteiger charge is 2.33. The smallest absolute Gasteiger partial charge is 0.372 e. The van der Waals surface area contributed by atoms with Gasteiger partial charge in [0.1, 0.15) is 0 Å². The van der Waals surface area contributed by atoms with E-state index in [-0.39, 0.29) is 21.9 Å². The van der Waals surface area contributed by atoms with E-state index in [2.05, 4.69) is 27.7 Å². The summed E-state index contributed by atoms with van der Waals surface area (Å²) in [5.74, 6) is 0. The van der Waals surface area contributed by atoms with Gasteiger partial charge in [0.2, 0.25) is 0 Å². The Balaban J connectivity index is 1.61. The van der Waals surface area contributed by atoms with Crippen molar-refractivity contribution in [3.8, 4) is 0 Å². The largest absolute Gasteiger partial charge is 0.417 e. The van der Waals surface area contributed by atoms with Gasteiger partial charge in [-0.1, -0.05) is 23.7 Å². The number of nitrogens with zero attached hydrogens (tertiary/aromatic N) is 1. The summed E-state index contributed by atoms with van der Waals surface area (Å²) in [5.41, 5.74) is 1.58. The molecular weight excluding hydrogens is 407 g/mol. The maximum absolute atomic E-state index is 13.0. The zero-order valence-electron chi connectivity index (χ0n) is 15.3. The molecule has 28 heavy (non-hydrogen) atoms. The van der Waals surface area contributed by atoms with Crippen molar-refractivity contribution in [3.63, 3.8) is 0 Å². The molecule has 0 spiro atoms. The molecule has 0 bridgehead atoms. The molecule has 0 aliphatic carbocycles. The van der Waals surface area contributed by atoms with Crippen LogP contribution >= 0.6 is 23.8 Å². The number of hydrogen-bond donors (Lipinski definition) is 2. The Bertz CT molecular complexity index is 834. The van der Waals surface area contributed by atoms with Gasteiger partial charge in [-0.2, -0.15) is 13.2 Å². The molecule has 0 saturated carbocycles. The average molecular weight is 428 g/mol. The zero-order chi connectivity index (χ0) is 20.3. The van der Waals surface area contributed by atoms with Crippen molar-refractivity contribution in [3.05, 3.63) is 58.6 Å². The van der Waals surface area contributed by atoms with Crippen molar-refractivity contribution in [1.29, 1.82) is 0 Å². The summed E-state index contributed by atoms with van der Waals surface area (Å²) in [4.78, 5) is 2.35. The molecule has 2 aromatic carbocycles. The van der Waals surface area contributed by atoms with Crippen LogP contribution in [0.4, 0.5) is 24.5 Å². The van der Waals surface area contributed by atoms with Crippen molar-refractivity contribution in [1.82, 2.24) is 5.32 Å². The predicted octanol–water partition coefficient (Wildman–Crippen LogP) is 6.01. The van der Waals surface area contributed by atoms with Gasteiger partial charge >= 0.3 is 6.18 Å². The quantitative estimate of drug-likeness (QED) is 0.584. The third-order valence-electron chi connectivity index (χ3n) is 4.74. The van der Waals surface area contributed by atoms with Gasteiger partial charge in [0.25, 0.3) is 0 Å². The fourth-order valence-corrected chi connectivity index (χ4v) is 3.74. The number of nitrogens with one attached hydrogen (secondary N) is 2. The number of halogens is 4. The van der Waals surface area contributed by atoms with E-state index < -0.39 is 11.7 Å². The first kappa shape index (κ1) is 20.7. The molecule has 0 amide bonds. The van der Waals surface area contributed by atoms with Gasteiger partial charge in [-0.05, 0) is 67.9 Å². The van der Waals surface area contributed by atoms with Crippen LogP contribution in [-0.2, 0) is 6.18 Å². The molecule has 3 rings (SSSR count). The minimum absolute atomic E-state index is 0.0954. The SMILES string of the molecule is C[C@@H](NC(=S)Nc1ccc(Cl)c(C(F)(F)F)c1)c1ccc(N2CCCC2)cc1. The first-order chi connectivity index (χ1) is 13.2. The highest BCUT2D eigenvalue weighted by Crippen LogP contribution is 2.36. The lowest BCUT2D eigenvalue weighted by atomic mass is 10.1.